The Morgan fingerprint density at radius 2 is 1.63 bits per heavy atom. The molecule has 0 atom stereocenters. The third-order valence-corrected chi connectivity index (χ3v) is 5.07. The first-order valence-electron chi connectivity index (χ1n) is 9.56. The van der Waals surface area contributed by atoms with Crippen molar-refractivity contribution >= 4 is 11.0 Å². The fourth-order valence-corrected chi connectivity index (χ4v) is 3.35. The molecule has 0 aliphatic carbocycles. The van der Waals surface area contributed by atoms with Gasteiger partial charge in [0.2, 0.25) is 0 Å². The van der Waals surface area contributed by atoms with Gasteiger partial charge in [0, 0.05) is 6.07 Å². The maximum Gasteiger partial charge on any atom is 0.200 e. The standard InChI is InChI=1S/C25H22O5/c1-16-11-23(27-2)24(28-3)12-18(16)14-29-19-9-10-20-22(13-19)30-15-21(25(20)26)17-7-5-4-6-8-17/h4-13,15H,14H2,1-3H3. The number of rotatable bonds is 6. The van der Waals surface area contributed by atoms with E-state index in [1.54, 1.807) is 32.4 Å². The summed E-state index contributed by atoms with van der Waals surface area (Å²) in [6, 6.07) is 18.6. The molecule has 0 saturated carbocycles. The van der Waals surface area contributed by atoms with Gasteiger partial charge in [0.25, 0.3) is 0 Å². The number of aryl methyl sites for hydroxylation is 1. The van der Waals surface area contributed by atoms with Crippen LogP contribution in [-0.4, -0.2) is 14.2 Å². The molecule has 5 heteroatoms. The second kappa shape index (κ2) is 8.33. The quantitative estimate of drug-likeness (QED) is 0.434. The van der Waals surface area contributed by atoms with E-state index >= 15 is 0 Å². The minimum absolute atomic E-state index is 0.0651. The lowest BCUT2D eigenvalue weighted by atomic mass is 10.1. The molecule has 0 saturated heterocycles. The molecule has 1 aromatic heterocycles. The summed E-state index contributed by atoms with van der Waals surface area (Å²) < 4.78 is 22.4. The van der Waals surface area contributed by atoms with E-state index in [4.69, 9.17) is 18.6 Å². The van der Waals surface area contributed by atoms with Crippen LogP contribution >= 0.6 is 0 Å². The molecule has 0 bridgehead atoms. The minimum Gasteiger partial charge on any atom is -0.493 e. The Kier molecular flexibility index (Phi) is 5.44. The first-order valence-corrected chi connectivity index (χ1v) is 9.56. The Labute approximate surface area is 174 Å². The van der Waals surface area contributed by atoms with Crippen molar-refractivity contribution in [3.05, 3.63) is 88.3 Å². The summed E-state index contributed by atoms with van der Waals surface area (Å²) in [7, 11) is 3.21. The van der Waals surface area contributed by atoms with Crippen molar-refractivity contribution in [3.8, 4) is 28.4 Å². The fraction of sp³-hybridized carbons (Fsp3) is 0.160. The first kappa shape index (κ1) is 19.6. The van der Waals surface area contributed by atoms with Gasteiger partial charge >= 0.3 is 0 Å². The van der Waals surface area contributed by atoms with Crippen LogP contribution < -0.4 is 19.6 Å². The Hall–Kier alpha value is -3.73. The van der Waals surface area contributed by atoms with Crippen LogP contribution in [0.2, 0.25) is 0 Å². The van der Waals surface area contributed by atoms with Crippen LogP contribution in [0.3, 0.4) is 0 Å². The van der Waals surface area contributed by atoms with Crippen LogP contribution in [0.5, 0.6) is 17.2 Å². The summed E-state index contributed by atoms with van der Waals surface area (Å²) in [5, 5.41) is 0.519. The molecule has 0 spiro atoms. The van der Waals surface area contributed by atoms with Gasteiger partial charge in [0.15, 0.2) is 16.9 Å². The molecule has 0 unspecified atom stereocenters. The van der Waals surface area contributed by atoms with Crippen molar-refractivity contribution in [3.63, 3.8) is 0 Å². The molecule has 0 fully saturated rings. The summed E-state index contributed by atoms with van der Waals surface area (Å²) in [5.41, 5.74) is 3.81. The van der Waals surface area contributed by atoms with Gasteiger partial charge < -0.3 is 18.6 Å². The van der Waals surface area contributed by atoms with Gasteiger partial charge in [-0.15, -0.1) is 0 Å². The van der Waals surface area contributed by atoms with E-state index < -0.39 is 0 Å². The van der Waals surface area contributed by atoms with Crippen LogP contribution in [0.4, 0.5) is 0 Å². The molecule has 30 heavy (non-hydrogen) atoms. The van der Waals surface area contributed by atoms with Gasteiger partial charge in [-0.1, -0.05) is 30.3 Å². The van der Waals surface area contributed by atoms with E-state index in [1.165, 1.54) is 6.26 Å². The highest BCUT2D eigenvalue weighted by Gasteiger charge is 2.12. The monoisotopic (exact) mass is 402 g/mol. The maximum atomic E-state index is 12.9. The fourth-order valence-electron chi connectivity index (χ4n) is 3.35. The van der Waals surface area contributed by atoms with Gasteiger partial charge in [0.05, 0.1) is 25.2 Å². The Bertz CT molecular complexity index is 1240. The van der Waals surface area contributed by atoms with Gasteiger partial charge in [-0.2, -0.15) is 0 Å². The predicted octanol–water partition coefficient (Wildman–Crippen LogP) is 5.36. The molecule has 4 rings (SSSR count). The highest BCUT2D eigenvalue weighted by Crippen LogP contribution is 2.31. The summed E-state index contributed by atoms with van der Waals surface area (Å²) in [5.74, 6) is 1.95. The van der Waals surface area contributed by atoms with Crippen molar-refractivity contribution in [1.82, 2.24) is 0 Å². The maximum absolute atomic E-state index is 12.9. The SMILES string of the molecule is COc1cc(C)c(COc2ccc3c(=O)c(-c4ccccc4)coc3c2)cc1OC. The number of fused-ring (bicyclic) bond motifs is 1. The van der Waals surface area contributed by atoms with Crippen LogP contribution in [0.1, 0.15) is 11.1 Å². The molecule has 5 nitrogen and oxygen atoms in total. The highest BCUT2D eigenvalue weighted by molar-refractivity contribution is 5.82. The largest absolute Gasteiger partial charge is 0.493 e. The summed E-state index contributed by atoms with van der Waals surface area (Å²) in [6.45, 7) is 2.34. The van der Waals surface area contributed by atoms with Crippen LogP contribution in [0.15, 0.2) is 76.1 Å². The number of hydrogen-bond acceptors (Lipinski definition) is 5. The third kappa shape index (κ3) is 3.74. The van der Waals surface area contributed by atoms with E-state index in [0.29, 0.717) is 40.4 Å². The van der Waals surface area contributed by atoms with E-state index in [9.17, 15) is 4.79 Å². The van der Waals surface area contributed by atoms with Crippen molar-refractivity contribution < 1.29 is 18.6 Å². The number of benzene rings is 3. The first-order chi connectivity index (χ1) is 14.6. The molecule has 0 aliphatic rings. The van der Waals surface area contributed by atoms with E-state index in [1.807, 2.05) is 49.4 Å². The van der Waals surface area contributed by atoms with E-state index in [2.05, 4.69) is 0 Å². The minimum atomic E-state index is -0.0651. The van der Waals surface area contributed by atoms with Crippen LogP contribution in [0.25, 0.3) is 22.1 Å². The molecular weight excluding hydrogens is 380 g/mol. The van der Waals surface area contributed by atoms with E-state index in [0.717, 1.165) is 16.7 Å². The predicted molar refractivity (Wildman–Crippen MR) is 117 cm³/mol. The second-order valence-electron chi connectivity index (χ2n) is 6.92. The zero-order valence-corrected chi connectivity index (χ0v) is 17.1. The number of hydrogen-bond donors (Lipinski definition) is 0. The zero-order valence-electron chi connectivity index (χ0n) is 17.1. The Morgan fingerprint density at radius 1 is 0.900 bits per heavy atom. The summed E-state index contributed by atoms with van der Waals surface area (Å²) in [6.07, 6.45) is 1.50. The Morgan fingerprint density at radius 3 is 2.37 bits per heavy atom. The number of methoxy groups -OCH3 is 2. The van der Waals surface area contributed by atoms with Gasteiger partial charge in [-0.25, -0.2) is 0 Å². The van der Waals surface area contributed by atoms with Crippen molar-refractivity contribution in [2.45, 2.75) is 13.5 Å². The molecule has 1 heterocycles. The lowest BCUT2D eigenvalue weighted by Crippen LogP contribution is -2.05. The molecule has 0 radical (unpaired) electrons. The third-order valence-electron chi connectivity index (χ3n) is 5.07. The van der Waals surface area contributed by atoms with Crippen molar-refractivity contribution in [2.75, 3.05) is 14.2 Å². The summed E-state index contributed by atoms with van der Waals surface area (Å²) in [4.78, 5) is 12.9. The zero-order chi connectivity index (χ0) is 21.1. The van der Waals surface area contributed by atoms with E-state index in [-0.39, 0.29) is 5.43 Å². The molecular formula is C25H22O5. The smallest absolute Gasteiger partial charge is 0.200 e. The Balaban J connectivity index is 1.60. The van der Waals surface area contributed by atoms with Gasteiger partial charge in [-0.05, 0) is 47.9 Å². The van der Waals surface area contributed by atoms with Crippen molar-refractivity contribution in [1.29, 1.82) is 0 Å². The second-order valence-corrected chi connectivity index (χ2v) is 6.92. The molecule has 0 aliphatic heterocycles. The lowest BCUT2D eigenvalue weighted by Gasteiger charge is -2.14. The lowest BCUT2D eigenvalue weighted by molar-refractivity contribution is 0.303. The van der Waals surface area contributed by atoms with Gasteiger partial charge in [-0.3, -0.25) is 4.79 Å². The van der Waals surface area contributed by atoms with Gasteiger partial charge in [0.1, 0.15) is 24.2 Å². The highest BCUT2D eigenvalue weighted by atomic mass is 16.5. The molecule has 3 aromatic carbocycles. The summed E-state index contributed by atoms with van der Waals surface area (Å²) >= 11 is 0. The molecule has 0 amide bonds. The average Bonchev–Trinajstić information content (AvgIpc) is 2.78. The molecule has 4 aromatic rings. The number of ether oxygens (including phenoxy) is 3. The average molecular weight is 402 g/mol. The molecule has 152 valence electrons. The van der Waals surface area contributed by atoms with Crippen LogP contribution in [0, 0.1) is 6.92 Å². The normalized spacial score (nSPS) is 10.8. The molecule has 0 N–H and O–H groups in total. The van der Waals surface area contributed by atoms with Crippen molar-refractivity contribution in [2.24, 2.45) is 0 Å². The topological polar surface area (TPSA) is 57.9 Å². The van der Waals surface area contributed by atoms with Crippen LogP contribution in [-0.2, 0) is 6.61 Å².